The van der Waals surface area contributed by atoms with Gasteiger partial charge in [0.1, 0.15) is 17.3 Å². The van der Waals surface area contributed by atoms with E-state index in [1.165, 1.54) is 18.5 Å². The molecule has 2 heterocycles. The minimum absolute atomic E-state index is 0.0394. The molecule has 0 aliphatic heterocycles. The number of sulfonamides is 1. The van der Waals surface area contributed by atoms with Crippen LogP contribution >= 0.6 is 15.9 Å². The topological polar surface area (TPSA) is 108 Å². The van der Waals surface area contributed by atoms with Gasteiger partial charge in [0.25, 0.3) is 10.0 Å². The maximum atomic E-state index is 11.9. The van der Waals surface area contributed by atoms with Crippen molar-refractivity contribution >= 4 is 31.6 Å². The summed E-state index contributed by atoms with van der Waals surface area (Å²) in [4.78, 5) is -0.0808. The van der Waals surface area contributed by atoms with Gasteiger partial charge in [-0.2, -0.15) is 5.10 Å². The fourth-order valence-corrected chi connectivity index (χ4v) is 3.21. The summed E-state index contributed by atoms with van der Waals surface area (Å²) in [6.45, 7) is -0.375. The zero-order chi connectivity index (χ0) is 12.5. The van der Waals surface area contributed by atoms with Crippen LogP contribution in [-0.2, 0) is 16.6 Å². The van der Waals surface area contributed by atoms with Gasteiger partial charge in [-0.3, -0.25) is 9.82 Å². The Morgan fingerprint density at radius 1 is 1.59 bits per heavy atom. The first-order valence-corrected chi connectivity index (χ1v) is 6.71. The molecule has 0 aromatic carbocycles. The number of aromatic amines is 1. The van der Waals surface area contributed by atoms with Gasteiger partial charge in [-0.25, -0.2) is 8.42 Å². The summed E-state index contributed by atoms with van der Waals surface area (Å²) >= 11 is 2.98. The van der Waals surface area contributed by atoms with Gasteiger partial charge in [-0.15, -0.1) is 0 Å². The first-order chi connectivity index (χ1) is 8.03. The van der Waals surface area contributed by atoms with Crippen LogP contribution in [0.1, 0.15) is 5.76 Å². The summed E-state index contributed by atoms with van der Waals surface area (Å²) in [7, 11) is -3.76. The molecule has 0 radical (unpaired) electrons. The second-order valence-electron chi connectivity index (χ2n) is 3.10. The Morgan fingerprint density at radius 2 is 2.35 bits per heavy atom. The molecule has 0 bridgehead atoms. The molecule has 0 spiro atoms. The van der Waals surface area contributed by atoms with Crippen LogP contribution in [0, 0.1) is 0 Å². The molecule has 2 rings (SSSR count). The Kier molecular flexibility index (Phi) is 3.22. The Hall–Kier alpha value is -1.32. The highest BCUT2D eigenvalue weighted by Gasteiger charge is 2.22. The SMILES string of the molecule is O=S(=O)(Nc1cn[nH]c1)c1cc(CO)oc1Br. The minimum Gasteiger partial charge on any atom is -0.450 e. The fraction of sp³-hybridized carbons (Fsp3) is 0.125. The first-order valence-electron chi connectivity index (χ1n) is 4.43. The van der Waals surface area contributed by atoms with E-state index in [0.29, 0.717) is 5.69 Å². The van der Waals surface area contributed by atoms with Crippen molar-refractivity contribution < 1.29 is 17.9 Å². The number of rotatable bonds is 4. The molecule has 2 aromatic rings. The lowest BCUT2D eigenvalue weighted by Crippen LogP contribution is -2.12. The van der Waals surface area contributed by atoms with Gasteiger partial charge in [0.05, 0.1) is 11.9 Å². The average molecular weight is 322 g/mol. The summed E-state index contributed by atoms with van der Waals surface area (Å²) in [5.74, 6) is 0.157. The van der Waals surface area contributed by atoms with Crippen LogP contribution in [-0.4, -0.2) is 23.7 Å². The average Bonchev–Trinajstić information content (AvgIpc) is 2.86. The van der Waals surface area contributed by atoms with Crippen molar-refractivity contribution in [3.63, 3.8) is 0 Å². The second kappa shape index (κ2) is 4.51. The van der Waals surface area contributed by atoms with Crippen molar-refractivity contribution in [2.75, 3.05) is 4.72 Å². The number of hydrogen-bond donors (Lipinski definition) is 3. The zero-order valence-corrected chi connectivity index (χ0v) is 10.7. The molecule has 3 N–H and O–H groups in total. The highest BCUT2D eigenvalue weighted by molar-refractivity contribution is 9.10. The number of hydrogen-bond acceptors (Lipinski definition) is 5. The zero-order valence-electron chi connectivity index (χ0n) is 8.34. The second-order valence-corrected chi connectivity index (χ2v) is 5.47. The molecular weight excluding hydrogens is 314 g/mol. The van der Waals surface area contributed by atoms with Crippen LogP contribution in [0.2, 0.25) is 0 Å². The molecule has 0 atom stereocenters. The molecule has 92 valence electrons. The molecule has 9 heteroatoms. The van der Waals surface area contributed by atoms with Crippen LogP contribution < -0.4 is 4.72 Å². The standard InChI is InChI=1S/C8H8BrN3O4S/c9-8-7(1-6(4-13)16-8)17(14,15)12-5-2-10-11-3-5/h1-3,12-13H,4H2,(H,10,11). The van der Waals surface area contributed by atoms with E-state index >= 15 is 0 Å². The van der Waals surface area contributed by atoms with E-state index in [4.69, 9.17) is 9.52 Å². The van der Waals surface area contributed by atoms with E-state index in [0.717, 1.165) is 0 Å². The molecule has 0 saturated heterocycles. The predicted octanol–water partition coefficient (Wildman–Crippen LogP) is 1.06. The van der Waals surface area contributed by atoms with Crippen LogP contribution in [0.5, 0.6) is 0 Å². The highest BCUT2D eigenvalue weighted by atomic mass is 79.9. The van der Waals surface area contributed by atoms with Crippen molar-refractivity contribution in [1.29, 1.82) is 0 Å². The van der Waals surface area contributed by atoms with Crippen molar-refractivity contribution in [3.8, 4) is 0 Å². The smallest absolute Gasteiger partial charge is 0.266 e. The van der Waals surface area contributed by atoms with Gasteiger partial charge in [-0.1, -0.05) is 0 Å². The van der Waals surface area contributed by atoms with Crippen molar-refractivity contribution in [2.24, 2.45) is 0 Å². The Balaban J connectivity index is 2.34. The number of H-pyrrole nitrogens is 1. The number of nitrogens with zero attached hydrogens (tertiary/aromatic N) is 1. The van der Waals surface area contributed by atoms with E-state index in [-0.39, 0.29) is 21.9 Å². The number of nitrogens with one attached hydrogen (secondary N) is 2. The summed E-state index contributed by atoms with van der Waals surface area (Å²) < 4.78 is 31.2. The number of furan rings is 1. The first kappa shape index (κ1) is 12.1. The normalized spacial score (nSPS) is 11.6. The van der Waals surface area contributed by atoms with Gasteiger partial charge in [0.15, 0.2) is 4.67 Å². The van der Waals surface area contributed by atoms with Gasteiger partial charge < -0.3 is 9.52 Å². The Labute approximate surface area is 105 Å². The molecule has 7 nitrogen and oxygen atoms in total. The highest BCUT2D eigenvalue weighted by Crippen LogP contribution is 2.27. The summed E-state index contributed by atoms with van der Waals surface area (Å²) in [5.41, 5.74) is 0.309. The van der Waals surface area contributed by atoms with Crippen LogP contribution in [0.25, 0.3) is 0 Å². The van der Waals surface area contributed by atoms with E-state index in [9.17, 15) is 8.42 Å². The van der Waals surface area contributed by atoms with Gasteiger partial charge >= 0.3 is 0 Å². The molecule has 0 aliphatic rings. The minimum atomic E-state index is -3.76. The van der Waals surface area contributed by atoms with E-state index in [2.05, 4.69) is 30.8 Å². The quantitative estimate of drug-likeness (QED) is 0.780. The molecule has 2 aromatic heterocycles. The maximum Gasteiger partial charge on any atom is 0.266 e. The van der Waals surface area contributed by atoms with E-state index in [1.807, 2.05) is 0 Å². The van der Waals surface area contributed by atoms with Gasteiger partial charge in [-0.05, 0) is 15.9 Å². The molecule has 17 heavy (non-hydrogen) atoms. The summed E-state index contributed by atoms with van der Waals surface area (Å²) in [6, 6.07) is 1.24. The Bertz CT molecular complexity index is 605. The lowest BCUT2D eigenvalue weighted by atomic mass is 10.5. The molecule has 0 saturated carbocycles. The van der Waals surface area contributed by atoms with Crippen LogP contribution in [0.15, 0.2) is 32.4 Å². The lowest BCUT2D eigenvalue weighted by molar-refractivity contribution is 0.245. The van der Waals surface area contributed by atoms with Gasteiger partial charge in [0, 0.05) is 12.3 Å². The summed E-state index contributed by atoms with van der Waals surface area (Å²) in [5, 5.41) is 15.0. The monoisotopic (exact) mass is 321 g/mol. The van der Waals surface area contributed by atoms with Crippen LogP contribution in [0.3, 0.4) is 0 Å². The fourth-order valence-electron chi connectivity index (χ4n) is 1.18. The lowest BCUT2D eigenvalue weighted by Gasteiger charge is -2.02. The largest absolute Gasteiger partial charge is 0.450 e. The Morgan fingerprint density at radius 3 is 2.88 bits per heavy atom. The number of aliphatic hydroxyl groups excluding tert-OH is 1. The third-order valence-electron chi connectivity index (χ3n) is 1.90. The van der Waals surface area contributed by atoms with Crippen molar-refractivity contribution in [2.45, 2.75) is 11.5 Å². The molecule has 0 fully saturated rings. The van der Waals surface area contributed by atoms with Crippen molar-refractivity contribution in [3.05, 3.63) is 28.9 Å². The molecule has 0 aliphatic carbocycles. The van der Waals surface area contributed by atoms with E-state index < -0.39 is 10.0 Å². The maximum absolute atomic E-state index is 11.9. The van der Waals surface area contributed by atoms with E-state index in [1.54, 1.807) is 0 Å². The number of aliphatic hydroxyl groups is 1. The third-order valence-corrected chi connectivity index (χ3v) is 4.14. The third kappa shape index (κ3) is 2.51. The predicted molar refractivity (Wildman–Crippen MR) is 61.7 cm³/mol. The molecule has 0 unspecified atom stereocenters. The number of aromatic nitrogens is 2. The molecular formula is C8H8BrN3O4S. The van der Waals surface area contributed by atoms with Crippen LogP contribution in [0.4, 0.5) is 5.69 Å². The number of halogens is 1. The molecule has 0 amide bonds. The summed E-state index contributed by atoms with van der Waals surface area (Å²) in [6.07, 6.45) is 2.73. The van der Waals surface area contributed by atoms with Crippen molar-refractivity contribution in [1.82, 2.24) is 10.2 Å². The number of anilines is 1. The van der Waals surface area contributed by atoms with Gasteiger partial charge in [0.2, 0.25) is 0 Å².